The van der Waals surface area contributed by atoms with Crippen molar-refractivity contribution in [1.29, 1.82) is 0 Å². The van der Waals surface area contributed by atoms with Crippen LogP contribution in [0.15, 0.2) is 53.4 Å². The SMILES string of the molecule is CCCC(=O)Nc1cccc(SCC(=O)Nc2nc(-c3ccc(C)cc3)c(C)s2)c1. The quantitative estimate of drug-likeness (QED) is 0.429. The smallest absolute Gasteiger partial charge is 0.236 e. The number of anilines is 2. The zero-order valence-corrected chi connectivity index (χ0v) is 19.0. The molecule has 0 aliphatic carbocycles. The molecular formula is C23H25N3O2S2. The summed E-state index contributed by atoms with van der Waals surface area (Å²) < 4.78 is 0. The van der Waals surface area contributed by atoms with Crippen LogP contribution in [0.4, 0.5) is 10.8 Å². The van der Waals surface area contributed by atoms with E-state index in [-0.39, 0.29) is 17.6 Å². The van der Waals surface area contributed by atoms with E-state index in [2.05, 4.69) is 34.7 Å². The van der Waals surface area contributed by atoms with E-state index in [0.717, 1.165) is 33.1 Å². The summed E-state index contributed by atoms with van der Waals surface area (Å²) in [4.78, 5) is 30.7. The molecule has 0 fully saturated rings. The topological polar surface area (TPSA) is 71.1 Å². The van der Waals surface area contributed by atoms with Gasteiger partial charge in [0.1, 0.15) is 0 Å². The van der Waals surface area contributed by atoms with Crippen LogP contribution in [0.1, 0.15) is 30.2 Å². The van der Waals surface area contributed by atoms with Crippen LogP contribution in [0.2, 0.25) is 0 Å². The number of thiazole rings is 1. The molecule has 156 valence electrons. The molecule has 0 radical (unpaired) electrons. The Morgan fingerprint density at radius 3 is 2.53 bits per heavy atom. The van der Waals surface area contributed by atoms with Crippen molar-refractivity contribution < 1.29 is 9.59 Å². The van der Waals surface area contributed by atoms with Crippen molar-refractivity contribution >= 4 is 45.7 Å². The second-order valence-electron chi connectivity index (χ2n) is 6.95. The fraction of sp³-hybridized carbons (Fsp3) is 0.261. The highest BCUT2D eigenvalue weighted by Crippen LogP contribution is 2.31. The Morgan fingerprint density at radius 2 is 1.80 bits per heavy atom. The summed E-state index contributed by atoms with van der Waals surface area (Å²) in [5, 5.41) is 6.38. The maximum absolute atomic E-state index is 12.4. The number of amides is 2. The summed E-state index contributed by atoms with van der Waals surface area (Å²) in [5.74, 6) is 0.163. The third-order valence-corrected chi connectivity index (χ3v) is 6.21. The van der Waals surface area contributed by atoms with E-state index in [1.54, 1.807) is 0 Å². The molecule has 1 heterocycles. The van der Waals surface area contributed by atoms with Crippen molar-refractivity contribution in [2.45, 2.75) is 38.5 Å². The molecule has 0 spiro atoms. The minimum Gasteiger partial charge on any atom is -0.326 e. The third-order valence-electron chi connectivity index (χ3n) is 4.33. The second-order valence-corrected chi connectivity index (χ2v) is 9.20. The number of aromatic nitrogens is 1. The van der Waals surface area contributed by atoms with Crippen LogP contribution < -0.4 is 10.6 Å². The number of carbonyl (C=O) groups is 2. The summed E-state index contributed by atoms with van der Waals surface area (Å²) in [6, 6.07) is 15.7. The van der Waals surface area contributed by atoms with Crippen molar-refractivity contribution in [3.05, 3.63) is 59.0 Å². The Bertz CT molecular complexity index is 1030. The lowest BCUT2D eigenvalue weighted by atomic mass is 10.1. The average molecular weight is 440 g/mol. The predicted molar refractivity (Wildman–Crippen MR) is 126 cm³/mol. The number of carbonyl (C=O) groups excluding carboxylic acids is 2. The molecule has 5 nitrogen and oxygen atoms in total. The van der Waals surface area contributed by atoms with Gasteiger partial charge in [0, 0.05) is 27.4 Å². The van der Waals surface area contributed by atoms with E-state index in [9.17, 15) is 9.59 Å². The van der Waals surface area contributed by atoms with Gasteiger partial charge in [0.05, 0.1) is 11.4 Å². The lowest BCUT2D eigenvalue weighted by molar-refractivity contribution is -0.116. The van der Waals surface area contributed by atoms with Crippen LogP contribution in [-0.4, -0.2) is 22.6 Å². The van der Waals surface area contributed by atoms with Gasteiger partial charge in [-0.1, -0.05) is 42.8 Å². The number of hydrogen-bond acceptors (Lipinski definition) is 5. The van der Waals surface area contributed by atoms with Crippen molar-refractivity contribution in [3.8, 4) is 11.3 Å². The number of benzene rings is 2. The van der Waals surface area contributed by atoms with Crippen LogP contribution in [0.5, 0.6) is 0 Å². The maximum atomic E-state index is 12.4. The Balaban J connectivity index is 1.57. The molecule has 1 aromatic heterocycles. The first kappa shape index (κ1) is 22.1. The Labute approximate surface area is 185 Å². The van der Waals surface area contributed by atoms with Gasteiger partial charge >= 0.3 is 0 Å². The van der Waals surface area contributed by atoms with Gasteiger partial charge in [-0.2, -0.15) is 0 Å². The largest absolute Gasteiger partial charge is 0.326 e. The molecule has 0 aliphatic rings. The fourth-order valence-electron chi connectivity index (χ4n) is 2.85. The van der Waals surface area contributed by atoms with Crippen molar-refractivity contribution in [2.24, 2.45) is 0 Å². The number of aryl methyl sites for hydroxylation is 2. The zero-order chi connectivity index (χ0) is 21.5. The first-order chi connectivity index (χ1) is 14.4. The fourth-order valence-corrected chi connectivity index (χ4v) is 4.45. The molecule has 0 aliphatic heterocycles. The normalized spacial score (nSPS) is 10.6. The summed E-state index contributed by atoms with van der Waals surface area (Å²) in [6.07, 6.45) is 1.31. The molecule has 0 atom stereocenters. The molecule has 3 rings (SSSR count). The summed E-state index contributed by atoms with van der Waals surface area (Å²) in [7, 11) is 0. The molecule has 30 heavy (non-hydrogen) atoms. The van der Waals surface area contributed by atoms with E-state index in [1.807, 2.05) is 50.2 Å². The van der Waals surface area contributed by atoms with E-state index < -0.39 is 0 Å². The maximum Gasteiger partial charge on any atom is 0.236 e. The summed E-state index contributed by atoms with van der Waals surface area (Å²) in [6.45, 7) is 6.03. The minimum atomic E-state index is -0.107. The van der Waals surface area contributed by atoms with Crippen LogP contribution in [0.25, 0.3) is 11.3 Å². The first-order valence-electron chi connectivity index (χ1n) is 9.81. The highest BCUT2D eigenvalue weighted by atomic mass is 32.2. The molecule has 7 heteroatoms. The predicted octanol–water partition coefficient (Wildman–Crippen LogP) is 5.90. The van der Waals surface area contributed by atoms with Gasteiger partial charge < -0.3 is 10.6 Å². The second kappa shape index (κ2) is 10.4. The van der Waals surface area contributed by atoms with Crippen LogP contribution in [0.3, 0.4) is 0 Å². The number of thioether (sulfide) groups is 1. The Hall–Kier alpha value is -2.64. The van der Waals surface area contributed by atoms with E-state index in [0.29, 0.717) is 11.6 Å². The summed E-state index contributed by atoms with van der Waals surface area (Å²) >= 11 is 2.90. The highest BCUT2D eigenvalue weighted by Gasteiger charge is 2.12. The first-order valence-corrected chi connectivity index (χ1v) is 11.6. The van der Waals surface area contributed by atoms with Crippen molar-refractivity contribution in [3.63, 3.8) is 0 Å². The summed E-state index contributed by atoms with van der Waals surface area (Å²) in [5.41, 5.74) is 3.90. The lowest BCUT2D eigenvalue weighted by Crippen LogP contribution is -2.14. The lowest BCUT2D eigenvalue weighted by Gasteiger charge is -2.07. The van der Waals surface area contributed by atoms with Gasteiger partial charge in [-0.05, 0) is 38.5 Å². The zero-order valence-electron chi connectivity index (χ0n) is 17.3. The van der Waals surface area contributed by atoms with Gasteiger partial charge in [0.2, 0.25) is 11.8 Å². The van der Waals surface area contributed by atoms with Gasteiger partial charge in [-0.3, -0.25) is 9.59 Å². The van der Waals surface area contributed by atoms with Gasteiger partial charge in [-0.25, -0.2) is 4.98 Å². The van der Waals surface area contributed by atoms with Crippen LogP contribution >= 0.6 is 23.1 Å². The third kappa shape index (κ3) is 6.18. The minimum absolute atomic E-state index is 0.000846. The number of rotatable bonds is 8. The Kier molecular flexibility index (Phi) is 7.65. The molecule has 3 aromatic rings. The molecule has 0 saturated carbocycles. The number of hydrogen-bond donors (Lipinski definition) is 2. The van der Waals surface area contributed by atoms with Gasteiger partial charge in [0.15, 0.2) is 5.13 Å². The van der Waals surface area contributed by atoms with Crippen LogP contribution in [-0.2, 0) is 9.59 Å². The number of nitrogens with one attached hydrogen (secondary N) is 2. The van der Waals surface area contributed by atoms with Crippen LogP contribution in [0, 0.1) is 13.8 Å². The molecule has 0 unspecified atom stereocenters. The van der Waals surface area contributed by atoms with Crippen molar-refractivity contribution in [1.82, 2.24) is 4.98 Å². The molecule has 0 bridgehead atoms. The van der Waals surface area contributed by atoms with Gasteiger partial charge in [0.25, 0.3) is 0 Å². The molecule has 2 amide bonds. The molecule has 2 N–H and O–H groups in total. The molecule has 0 saturated heterocycles. The van der Waals surface area contributed by atoms with Gasteiger partial charge in [-0.15, -0.1) is 23.1 Å². The number of nitrogens with zero attached hydrogens (tertiary/aromatic N) is 1. The standard InChI is InChI=1S/C23H25N3O2S2/c1-4-6-20(27)24-18-7-5-8-19(13-18)29-14-21(28)25-23-26-22(16(3)30-23)17-11-9-15(2)10-12-17/h5,7-13H,4,6,14H2,1-3H3,(H,24,27)(H,25,26,28). The molecule has 2 aromatic carbocycles. The molecular weight excluding hydrogens is 414 g/mol. The monoisotopic (exact) mass is 439 g/mol. The van der Waals surface area contributed by atoms with Crippen molar-refractivity contribution in [2.75, 3.05) is 16.4 Å². The average Bonchev–Trinajstić information content (AvgIpc) is 3.07. The highest BCUT2D eigenvalue weighted by molar-refractivity contribution is 8.00. The Morgan fingerprint density at radius 1 is 1.03 bits per heavy atom. The van der Waals surface area contributed by atoms with E-state index in [1.165, 1.54) is 28.7 Å². The van der Waals surface area contributed by atoms with E-state index in [4.69, 9.17) is 0 Å². The van der Waals surface area contributed by atoms with E-state index >= 15 is 0 Å².